The Morgan fingerprint density at radius 3 is 2.42 bits per heavy atom. The van der Waals surface area contributed by atoms with Crippen LogP contribution in [0.2, 0.25) is 0 Å². The summed E-state index contributed by atoms with van der Waals surface area (Å²) < 4.78 is 36.1. The van der Waals surface area contributed by atoms with Crippen LogP contribution in [0.25, 0.3) is 22.6 Å². The lowest BCUT2D eigenvalue weighted by Gasteiger charge is -2.22. The van der Waals surface area contributed by atoms with E-state index in [9.17, 15) is 14.0 Å². The number of hydrogen-bond donors (Lipinski definition) is 0. The average Bonchev–Trinajstić information content (AvgIpc) is 3.41. The highest BCUT2D eigenvalue weighted by Crippen LogP contribution is 2.29. The first-order valence-corrected chi connectivity index (χ1v) is 16.3. The van der Waals surface area contributed by atoms with Crippen molar-refractivity contribution in [2.45, 2.75) is 104 Å². The second-order valence-corrected chi connectivity index (χ2v) is 12.0. The van der Waals surface area contributed by atoms with E-state index < -0.39 is 11.2 Å². The van der Waals surface area contributed by atoms with Crippen LogP contribution in [0, 0.1) is 12.7 Å². The van der Waals surface area contributed by atoms with Crippen molar-refractivity contribution in [1.29, 1.82) is 0 Å². The average molecular weight is 620 g/mol. The highest BCUT2D eigenvalue weighted by molar-refractivity contribution is 5.78. The van der Waals surface area contributed by atoms with Gasteiger partial charge in [-0.15, -0.1) is 0 Å². The van der Waals surface area contributed by atoms with E-state index >= 15 is 0 Å². The van der Waals surface area contributed by atoms with E-state index in [1.54, 1.807) is 12.1 Å². The van der Waals surface area contributed by atoms with E-state index in [0.717, 1.165) is 56.1 Å². The predicted octanol–water partition coefficient (Wildman–Crippen LogP) is 5.58. The molecule has 1 saturated heterocycles. The van der Waals surface area contributed by atoms with E-state index in [0.29, 0.717) is 54.7 Å². The first-order chi connectivity index (χ1) is 21.9. The van der Waals surface area contributed by atoms with Gasteiger partial charge < -0.3 is 18.8 Å². The van der Waals surface area contributed by atoms with E-state index in [1.807, 2.05) is 30.5 Å². The van der Waals surface area contributed by atoms with E-state index in [-0.39, 0.29) is 31.3 Å². The number of imidazole rings is 1. The number of hydrogen-bond acceptors (Lipinski definition) is 7. The molecule has 1 aromatic carbocycles. The molecule has 4 aromatic rings. The quantitative estimate of drug-likeness (QED) is 0.202. The molecule has 1 unspecified atom stereocenters. The van der Waals surface area contributed by atoms with Crippen molar-refractivity contribution in [2.75, 3.05) is 13.2 Å². The number of benzene rings is 1. The van der Waals surface area contributed by atoms with Crippen LogP contribution in [0.15, 0.2) is 46.0 Å². The van der Waals surface area contributed by atoms with Crippen molar-refractivity contribution in [3.63, 3.8) is 0 Å². The maximum atomic E-state index is 14.1. The monoisotopic (exact) mass is 619 g/mol. The minimum Gasteiger partial charge on any atom is -0.474 e. The minimum atomic E-state index is -0.419. The normalized spacial score (nSPS) is 17.6. The zero-order valence-electron chi connectivity index (χ0n) is 26.2. The zero-order chi connectivity index (χ0) is 31.3. The Balaban J connectivity index is 1.39. The maximum Gasteiger partial charge on any atom is 0.332 e. The van der Waals surface area contributed by atoms with Gasteiger partial charge >= 0.3 is 5.69 Å². The van der Waals surface area contributed by atoms with E-state index in [1.165, 1.54) is 27.7 Å². The van der Waals surface area contributed by atoms with Crippen LogP contribution >= 0.6 is 0 Å². The molecule has 11 heteroatoms. The number of fused-ring (bicyclic) bond motifs is 1. The number of rotatable bonds is 11. The van der Waals surface area contributed by atoms with Gasteiger partial charge in [0.05, 0.1) is 12.3 Å². The molecule has 1 atom stereocenters. The van der Waals surface area contributed by atoms with Crippen LogP contribution in [0.5, 0.6) is 5.88 Å². The van der Waals surface area contributed by atoms with Gasteiger partial charge in [0.25, 0.3) is 5.56 Å². The second-order valence-electron chi connectivity index (χ2n) is 12.0. The fourth-order valence-corrected chi connectivity index (χ4v) is 6.38. The van der Waals surface area contributed by atoms with E-state index in [2.05, 4.69) is 0 Å². The summed E-state index contributed by atoms with van der Waals surface area (Å²) in [6.07, 6.45) is 8.97. The summed E-state index contributed by atoms with van der Waals surface area (Å²) in [4.78, 5) is 37.4. The Labute approximate surface area is 261 Å². The third-order valence-electron chi connectivity index (χ3n) is 8.79. The molecule has 1 saturated carbocycles. The van der Waals surface area contributed by atoms with Crippen molar-refractivity contribution >= 4 is 11.2 Å². The molecule has 1 aliphatic heterocycles. The number of aryl methyl sites for hydroxylation is 2. The van der Waals surface area contributed by atoms with Crippen LogP contribution < -0.4 is 16.0 Å². The third kappa shape index (κ3) is 6.89. The first-order valence-electron chi connectivity index (χ1n) is 16.3. The molecule has 45 heavy (non-hydrogen) atoms. The number of pyridine rings is 1. The Hall–Kier alpha value is -3.83. The molecule has 6 rings (SSSR count). The topological polar surface area (TPSA) is 102 Å². The molecule has 0 amide bonds. The van der Waals surface area contributed by atoms with Crippen LogP contribution in [-0.4, -0.2) is 49.3 Å². The van der Waals surface area contributed by atoms with Crippen molar-refractivity contribution in [2.24, 2.45) is 0 Å². The summed E-state index contributed by atoms with van der Waals surface area (Å²) in [5, 5.41) is 0. The fourth-order valence-electron chi connectivity index (χ4n) is 6.38. The number of nitrogens with zero attached hydrogens (tertiary/aromatic N) is 5. The number of aromatic nitrogens is 5. The Bertz CT molecular complexity index is 1730. The molecule has 3 aromatic heterocycles. The molecule has 1 aliphatic carbocycles. The molecule has 240 valence electrons. The lowest BCUT2D eigenvalue weighted by Crippen LogP contribution is -2.40. The summed E-state index contributed by atoms with van der Waals surface area (Å²) >= 11 is 0. The molecule has 2 fully saturated rings. The smallest absolute Gasteiger partial charge is 0.332 e. The van der Waals surface area contributed by atoms with Gasteiger partial charge in [-0.25, -0.2) is 19.2 Å². The molecule has 0 N–H and O–H groups in total. The number of halogens is 1. The Morgan fingerprint density at radius 2 is 1.71 bits per heavy atom. The highest BCUT2D eigenvalue weighted by Gasteiger charge is 2.24. The highest BCUT2D eigenvalue weighted by atomic mass is 19.1. The zero-order valence-corrected chi connectivity index (χ0v) is 26.2. The van der Waals surface area contributed by atoms with Gasteiger partial charge in [0.15, 0.2) is 17.5 Å². The van der Waals surface area contributed by atoms with Gasteiger partial charge in [-0.2, -0.15) is 0 Å². The molecule has 2 aliphatic rings. The van der Waals surface area contributed by atoms with Gasteiger partial charge in [-0.05, 0) is 89.0 Å². The van der Waals surface area contributed by atoms with Gasteiger partial charge in [0.2, 0.25) is 5.88 Å². The van der Waals surface area contributed by atoms with Crippen LogP contribution in [0.4, 0.5) is 4.39 Å². The van der Waals surface area contributed by atoms with Gasteiger partial charge in [-0.3, -0.25) is 13.9 Å². The van der Waals surface area contributed by atoms with Gasteiger partial charge in [-0.1, -0.05) is 18.6 Å². The summed E-state index contributed by atoms with van der Waals surface area (Å²) in [6.45, 7) is 5.61. The second kappa shape index (κ2) is 14.1. The molecular weight excluding hydrogens is 577 g/mol. The van der Waals surface area contributed by atoms with Crippen LogP contribution in [0.3, 0.4) is 0 Å². The Kier molecular flexibility index (Phi) is 9.75. The molecule has 0 bridgehead atoms. The minimum absolute atomic E-state index is 0.164. The van der Waals surface area contributed by atoms with Crippen molar-refractivity contribution in [3.05, 3.63) is 74.3 Å². The summed E-state index contributed by atoms with van der Waals surface area (Å²) in [6, 6.07) is 9.94. The third-order valence-corrected chi connectivity index (χ3v) is 8.79. The van der Waals surface area contributed by atoms with Crippen molar-refractivity contribution < 1.29 is 18.6 Å². The standard InChI is InChI=1S/C34H42FN5O5/c1-3-38-32-30(33(41)39(34(38)42)19-9-21-44-29-12-7-8-20-43-29)40(22-24-13-15-25(35)16-14-24)31(37-32)27-17-18-28(36-23(27)2)45-26-10-5-4-6-11-26/h13-18,26,29H,3-12,19-22H2,1-2H3. The van der Waals surface area contributed by atoms with Gasteiger partial charge in [0, 0.05) is 37.9 Å². The first kappa shape index (κ1) is 31.2. The Morgan fingerprint density at radius 1 is 0.933 bits per heavy atom. The SMILES string of the molecule is CCn1c(=O)n(CCCOC2CCCCO2)c(=O)c2c1nc(-c1ccc(OC3CCCCC3)nc1C)n2Cc1ccc(F)cc1. The lowest BCUT2D eigenvalue weighted by molar-refractivity contribution is -0.163. The molecule has 0 radical (unpaired) electrons. The fraction of sp³-hybridized carbons (Fsp3) is 0.529. The summed E-state index contributed by atoms with van der Waals surface area (Å²) in [5.74, 6) is 0.738. The van der Waals surface area contributed by atoms with E-state index in [4.69, 9.17) is 24.2 Å². The molecule has 10 nitrogen and oxygen atoms in total. The van der Waals surface area contributed by atoms with Crippen LogP contribution in [-0.2, 0) is 29.1 Å². The van der Waals surface area contributed by atoms with Crippen LogP contribution in [0.1, 0.15) is 76.0 Å². The predicted molar refractivity (Wildman–Crippen MR) is 169 cm³/mol. The lowest BCUT2D eigenvalue weighted by atomic mass is 9.98. The largest absolute Gasteiger partial charge is 0.474 e. The summed E-state index contributed by atoms with van der Waals surface area (Å²) in [7, 11) is 0. The molecule has 4 heterocycles. The van der Waals surface area contributed by atoms with Gasteiger partial charge in [0.1, 0.15) is 17.7 Å². The number of ether oxygens (including phenoxy) is 3. The molecule has 0 spiro atoms. The molecular formula is C34H42FN5O5. The summed E-state index contributed by atoms with van der Waals surface area (Å²) in [5.41, 5.74) is 2.02. The van der Waals surface area contributed by atoms with Crippen molar-refractivity contribution in [1.82, 2.24) is 23.7 Å². The maximum absolute atomic E-state index is 14.1. The van der Waals surface area contributed by atoms with Crippen molar-refractivity contribution in [3.8, 4) is 17.3 Å².